The van der Waals surface area contributed by atoms with E-state index in [0.717, 1.165) is 38.5 Å². The molecule has 0 amide bonds. The Bertz CT molecular complexity index is 310. The number of hydrogen-bond donors (Lipinski definition) is 0. The van der Waals surface area contributed by atoms with Gasteiger partial charge >= 0.3 is 0 Å². The molecule has 4 unspecified atom stereocenters. The maximum atomic E-state index is 6.34. The molecule has 0 aliphatic carbocycles. The second kappa shape index (κ2) is 22.0. The predicted octanol–water partition coefficient (Wildman–Crippen LogP) is 5.02. The summed E-state index contributed by atoms with van der Waals surface area (Å²) in [5.74, 6) is 0. The molecule has 0 saturated heterocycles. The molecule has 6 nitrogen and oxygen atoms in total. The Balaban J connectivity index is 5.63. The van der Waals surface area contributed by atoms with E-state index in [0.29, 0.717) is 52.9 Å². The molecule has 182 valence electrons. The first-order valence-corrected chi connectivity index (χ1v) is 12.3. The Hall–Kier alpha value is -0.240. The summed E-state index contributed by atoms with van der Waals surface area (Å²) in [7, 11) is 0. The van der Waals surface area contributed by atoms with Gasteiger partial charge in [-0.15, -0.1) is 0 Å². The molecule has 0 aliphatic rings. The summed E-state index contributed by atoms with van der Waals surface area (Å²) in [5, 5.41) is 0. The predicted molar refractivity (Wildman–Crippen MR) is 122 cm³/mol. The third-order valence-electron chi connectivity index (χ3n) is 4.42. The molecule has 0 aliphatic heterocycles. The van der Waals surface area contributed by atoms with E-state index in [1.165, 1.54) is 0 Å². The standard InChI is InChI=1S/C24H50O6/c1-7-13-25-19-21(27-15-9-3)23(29-17-11-5)24(30-18-12-6)22(28-16-10-4)20-26-14-8-2/h21-24H,7-20H2,1-6H3. The molecule has 0 spiro atoms. The van der Waals surface area contributed by atoms with E-state index in [-0.39, 0.29) is 24.4 Å². The highest BCUT2D eigenvalue weighted by Crippen LogP contribution is 2.21. The van der Waals surface area contributed by atoms with E-state index in [4.69, 9.17) is 28.4 Å². The van der Waals surface area contributed by atoms with Crippen LogP contribution in [0.25, 0.3) is 0 Å². The molecular formula is C24H50O6. The van der Waals surface area contributed by atoms with E-state index in [2.05, 4.69) is 41.5 Å². The Morgan fingerprint density at radius 3 is 1.00 bits per heavy atom. The van der Waals surface area contributed by atoms with Crippen LogP contribution in [0.2, 0.25) is 0 Å². The SMILES string of the molecule is CCCOCC(OCCC)C(OCCC)C(OCCC)C(COCCC)OCCC. The number of ether oxygens (including phenoxy) is 6. The molecule has 0 aromatic carbocycles. The molecule has 0 fully saturated rings. The van der Waals surface area contributed by atoms with Gasteiger partial charge in [0.25, 0.3) is 0 Å². The molecular weight excluding hydrogens is 384 g/mol. The van der Waals surface area contributed by atoms with Gasteiger partial charge in [0.15, 0.2) is 0 Å². The largest absolute Gasteiger partial charge is 0.379 e. The lowest BCUT2D eigenvalue weighted by molar-refractivity contribution is -0.196. The van der Waals surface area contributed by atoms with Crippen LogP contribution in [-0.2, 0) is 28.4 Å². The molecule has 0 N–H and O–H groups in total. The summed E-state index contributed by atoms with van der Waals surface area (Å²) in [5.41, 5.74) is 0. The summed E-state index contributed by atoms with van der Waals surface area (Å²) in [6.45, 7) is 17.7. The maximum absolute atomic E-state index is 6.34. The van der Waals surface area contributed by atoms with Gasteiger partial charge < -0.3 is 28.4 Å². The monoisotopic (exact) mass is 434 g/mol. The molecule has 4 atom stereocenters. The minimum Gasteiger partial charge on any atom is -0.379 e. The van der Waals surface area contributed by atoms with Crippen molar-refractivity contribution in [2.75, 3.05) is 52.9 Å². The highest BCUT2D eigenvalue weighted by atomic mass is 16.6. The zero-order valence-corrected chi connectivity index (χ0v) is 20.7. The molecule has 0 bridgehead atoms. The van der Waals surface area contributed by atoms with Crippen LogP contribution >= 0.6 is 0 Å². The molecule has 0 aromatic heterocycles. The quantitative estimate of drug-likeness (QED) is 0.210. The lowest BCUT2D eigenvalue weighted by Gasteiger charge is -2.37. The summed E-state index contributed by atoms with van der Waals surface area (Å²) in [6, 6.07) is 0. The van der Waals surface area contributed by atoms with Crippen molar-refractivity contribution in [2.24, 2.45) is 0 Å². The molecule has 0 radical (unpaired) electrons. The summed E-state index contributed by atoms with van der Waals surface area (Å²) >= 11 is 0. The Labute approximate surface area is 186 Å². The molecule has 30 heavy (non-hydrogen) atoms. The van der Waals surface area contributed by atoms with Crippen molar-refractivity contribution in [1.29, 1.82) is 0 Å². The topological polar surface area (TPSA) is 55.4 Å². The maximum Gasteiger partial charge on any atom is 0.115 e. The fourth-order valence-corrected chi connectivity index (χ4v) is 3.04. The van der Waals surface area contributed by atoms with Crippen LogP contribution < -0.4 is 0 Å². The summed E-state index contributed by atoms with van der Waals surface area (Å²) < 4.78 is 36.9. The van der Waals surface area contributed by atoms with Crippen LogP contribution in [0.1, 0.15) is 80.1 Å². The third-order valence-corrected chi connectivity index (χ3v) is 4.42. The Morgan fingerprint density at radius 2 is 0.700 bits per heavy atom. The van der Waals surface area contributed by atoms with Crippen molar-refractivity contribution in [3.05, 3.63) is 0 Å². The van der Waals surface area contributed by atoms with Crippen LogP contribution in [0.15, 0.2) is 0 Å². The van der Waals surface area contributed by atoms with E-state index in [1.807, 2.05) is 0 Å². The van der Waals surface area contributed by atoms with Crippen molar-refractivity contribution in [2.45, 2.75) is 104 Å². The van der Waals surface area contributed by atoms with Crippen molar-refractivity contribution < 1.29 is 28.4 Å². The Kier molecular flexibility index (Phi) is 21.8. The molecule has 0 aromatic rings. The van der Waals surface area contributed by atoms with Gasteiger partial charge in [-0.25, -0.2) is 0 Å². The highest BCUT2D eigenvalue weighted by Gasteiger charge is 2.38. The van der Waals surface area contributed by atoms with Crippen molar-refractivity contribution in [3.63, 3.8) is 0 Å². The minimum absolute atomic E-state index is 0.205. The number of hydrogen-bond acceptors (Lipinski definition) is 6. The van der Waals surface area contributed by atoms with Gasteiger partial charge in [0.1, 0.15) is 24.4 Å². The lowest BCUT2D eigenvalue weighted by atomic mass is 10.0. The number of rotatable bonds is 23. The minimum atomic E-state index is -0.271. The fourth-order valence-electron chi connectivity index (χ4n) is 3.04. The average Bonchev–Trinajstić information content (AvgIpc) is 2.76. The first-order valence-electron chi connectivity index (χ1n) is 12.3. The van der Waals surface area contributed by atoms with Crippen LogP contribution in [-0.4, -0.2) is 77.3 Å². The highest BCUT2D eigenvalue weighted by molar-refractivity contribution is 4.86. The molecule has 0 rings (SSSR count). The van der Waals surface area contributed by atoms with Gasteiger partial charge in [-0.3, -0.25) is 0 Å². The Morgan fingerprint density at radius 1 is 0.400 bits per heavy atom. The summed E-state index contributed by atoms with van der Waals surface area (Å²) in [6.07, 6.45) is 4.75. The van der Waals surface area contributed by atoms with Crippen LogP contribution in [0, 0.1) is 0 Å². The van der Waals surface area contributed by atoms with E-state index < -0.39 is 0 Å². The normalized spacial score (nSPS) is 15.8. The first-order chi connectivity index (χ1) is 14.7. The molecule has 0 heterocycles. The van der Waals surface area contributed by atoms with Gasteiger partial charge in [0, 0.05) is 39.6 Å². The smallest absolute Gasteiger partial charge is 0.115 e. The second-order valence-electron chi connectivity index (χ2n) is 7.64. The van der Waals surface area contributed by atoms with Gasteiger partial charge in [-0.2, -0.15) is 0 Å². The molecule has 0 saturated carbocycles. The lowest BCUT2D eigenvalue weighted by Crippen LogP contribution is -2.52. The van der Waals surface area contributed by atoms with Crippen LogP contribution in [0.3, 0.4) is 0 Å². The summed E-state index contributed by atoms with van der Waals surface area (Å²) in [4.78, 5) is 0. The van der Waals surface area contributed by atoms with E-state index >= 15 is 0 Å². The fraction of sp³-hybridized carbons (Fsp3) is 1.00. The van der Waals surface area contributed by atoms with Crippen LogP contribution in [0.5, 0.6) is 0 Å². The first kappa shape index (κ1) is 29.8. The van der Waals surface area contributed by atoms with E-state index in [1.54, 1.807) is 0 Å². The second-order valence-corrected chi connectivity index (χ2v) is 7.64. The van der Waals surface area contributed by atoms with Gasteiger partial charge in [0.2, 0.25) is 0 Å². The third kappa shape index (κ3) is 13.9. The zero-order chi connectivity index (χ0) is 22.5. The van der Waals surface area contributed by atoms with Gasteiger partial charge in [-0.05, 0) is 38.5 Å². The van der Waals surface area contributed by atoms with Crippen molar-refractivity contribution in [3.8, 4) is 0 Å². The average molecular weight is 435 g/mol. The van der Waals surface area contributed by atoms with E-state index in [9.17, 15) is 0 Å². The zero-order valence-electron chi connectivity index (χ0n) is 20.7. The van der Waals surface area contributed by atoms with Crippen molar-refractivity contribution in [1.82, 2.24) is 0 Å². The van der Waals surface area contributed by atoms with Gasteiger partial charge in [-0.1, -0.05) is 41.5 Å². The van der Waals surface area contributed by atoms with Crippen LogP contribution in [0.4, 0.5) is 0 Å². The van der Waals surface area contributed by atoms with Crippen molar-refractivity contribution >= 4 is 0 Å². The van der Waals surface area contributed by atoms with Gasteiger partial charge in [0.05, 0.1) is 13.2 Å². The molecule has 6 heteroatoms.